The minimum atomic E-state index is -2.01. The fraction of sp³-hybridized carbons (Fsp3) is 0.667. The summed E-state index contributed by atoms with van der Waals surface area (Å²) >= 11 is 0. The monoisotopic (exact) mass is 294 g/mol. The average Bonchev–Trinajstić information content (AvgIpc) is 2.41. The topological polar surface area (TPSA) is 9.23 Å². The van der Waals surface area contributed by atoms with Gasteiger partial charge in [-0.25, -0.2) is 0 Å². The summed E-state index contributed by atoms with van der Waals surface area (Å²) in [5.74, 6) is 1.18. The fourth-order valence-electron chi connectivity index (χ4n) is 2.86. The molecule has 0 aromatic heterocycles. The Morgan fingerprint density at radius 1 is 0.900 bits per heavy atom. The Labute approximate surface area is 125 Å². The average molecular weight is 294 g/mol. The van der Waals surface area contributed by atoms with Crippen molar-refractivity contribution in [3.63, 3.8) is 0 Å². The van der Waals surface area contributed by atoms with Crippen LogP contribution in [0.2, 0.25) is 0 Å². The standard InChI is InChI=1S/C18H31OP/c1-17(2,3)14-10-13-12-20(7,8,9)19-16(13)15(11-14)18(4,5)6/h10-11H,12H2,1-9H3. The molecule has 2 heteroatoms. The summed E-state index contributed by atoms with van der Waals surface area (Å²) in [7, 11) is 0. The van der Waals surface area contributed by atoms with Gasteiger partial charge in [-0.3, -0.25) is 0 Å². The van der Waals surface area contributed by atoms with Crippen LogP contribution in [0.3, 0.4) is 0 Å². The first-order chi connectivity index (χ1) is 8.67. The summed E-state index contributed by atoms with van der Waals surface area (Å²) < 4.78 is 6.54. The van der Waals surface area contributed by atoms with Gasteiger partial charge in [-0.05, 0) is 0 Å². The molecule has 0 saturated heterocycles. The van der Waals surface area contributed by atoms with E-state index in [4.69, 9.17) is 4.52 Å². The van der Waals surface area contributed by atoms with Crippen LogP contribution in [0.25, 0.3) is 0 Å². The van der Waals surface area contributed by atoms with E-state index in [9.17, 15) is 0 Å². The fourth-order valence-corrected chi connectivity index (χ4v) is 5.21. The molecule has 0 atom stereocenters. The van der Waals surface area contributed by atoms with E-state index < -0.39 is 6.83 Å². The summed E-state index contributed by atoms with van der Waals surface area (Å²) in [6.45, 7) is 18.7. The Morgan fingerprint density at radius 3 is 1.90 bits per heavy atom. The second-order valence-corrected chi connectivity index (χ2v) is 16.2. The van der Waals surface area contributed by atoms with E-state index in [1.165, 1.54) is 22.4 Å². The Balaban J connectivity index is 2.69. The second kappa shape index (κ2) is 4.01. The third-order valence-corrected chi connectivity index (χ3v) is 6.26. The van der Waals surface area contributed by atoms with Crippen LogP contribution >= 0.6 is 6.83 Å². The molecule has 1 nitrogen and oxygen atoms in total. The molecule has 2 rings (SSSR count). The molecule has 0 radical (unpaired) electrons. The second-order valence-electron chi connectivity index (χ2n) is 9.73. The molecular weight excluding hydrogens is 263 g/mol. The van der Waals surface area contributed by atoms with Crippen LogP contribution in [0.1, 0.15) is 58.2 Å². The van der Waals surface area contributed by atoms with Crippen LogP contribution in [-0.2, 0) is 17.0 Å². The van der Waals surface area contributed by atoms with Gasteiger partial charge < -0.3 is 0 Å². The molecule has 0 fully saturated rings. The van der Waals surface area contributed by atoms with Crippen LogP contribution in [0.15, 0.2) is 12.1 Å². The van der Waals surface area contributed by atoms with Crippen molar-refractivity contribution in [3.05, 3.63) is 28.8 Å². The number of rotatable bonds is 0. The molecule has 1 aromatic carbocycles. The van der Waals surface area contributed by atoms with Crippen molar-refractivity contribution in [3.8, 4) is 5.75 Å². The number of hydrogen-bond donors (Lipinski definition) is 0. The SMILES string of the molecule is CC(C)(C)c1cc2c(c(C(C)(C)C)c1)OP(C)(C)(C)C2. The molecule has 0 aliphatic carbocycles. The molecule has 0 spiro atoms. The van der Waals surface area contributed by atoms with Crippen molar-refractivity contribution in [1.82, 2.24) is 0 Å². The van der Waals surface area contributed by atoms with Gasteiger partial charge in [0.15, 0.2) is 0 Å². The Morgan fingerprint density at radius 2 is 1.45 bits per heavy atom. The van der Waals surface area contributed by atoms with Gasteiger partial charge in [0.2, 0.25) is 0 Å². The summed E-state index contributed by atoms with van der Waals surface area (Å²) in [4.78, 5) is 0. The molecule has 0 bridgehead atoms. The summed E-state index contributed by atoms with van der Waals surface area (Å²) in [5.41, 5.74) is 4.53. The molecule has 20 heavy (non-hydrogen) atoms. The van der Waals surface area contributed by atoms with Crippen LogP contribution in [0, 0.1) is 0 Å². The van der Waals surface area contributed by atoms with Crippen molar-refractivity contribution in [2.24, 2.45) is 0 Å². The van der Waals surface area contributed by atoms with Crippen molar-refractivity contribution in [1.29, 1.82) is 0 Å². The van der Waals surface area contributed by atoms with Gasteiger partial charge in [-0.2, -0.15) is 0 Å². The maximum atomic E-state index is 6.54. The predicted molar refractivity (Wildman–Crippen MR) is 92.9 cm³/mol. The molecular formula is C18H31OP. The van der Waals surface area contributed by atoms with Crippen LogP contribution in [0.4, 0.5) is 0 Å². The third-order valence-electron chi connectivity index (χ3n) is 3.98. The van der Waals surface area contributed by atoms with Gasteiger partial charge in [0, 0.05) is 0 Å². The van der Waals surface area contributed by atoms with Gasteiger partial charge in [-0.15, -0.1) is 0 Å². The molecule has 0 saturated carbocycles. The molecule has 1 aliphatic heterocycles. The van der Waals surface area contributed by atoms with E-state index in [1.54, 1.807) is 0 Å². The van der Waals surface area contributed by atoms with E-state index in [0.29, 0.717) is 0 Å². The summed E-state index contributed by atoms with van der Waals surface area (Å²) in [5, 5.41) is 0. The number of benzene rings is 1. The molecule has 1 heterocycles. The zero-order valence-corrected chi connectivity index (χ0v) is 15.6. The van der Waals surface area contributed by atoms with Crippen molar-refractivity contribution in [2.45, 2.75) is 58.5 Å². The molecule has 0 N–H and O–H groups in total. The summed E-state index contributed by atoms with van der Waals surface area (Å²) in [6, 6.07) is 4.76. The van der Waals surface area contributed by atoms with Gasteiger partial charge in [0.05, 0.1) is 0 Å². The Hall–Kier alpha value is -0.550. The molecule has 0 unspecified atom stereocenters. The van der Waals surface area contributed by atoms with Crippen LogP contribution < -0.4 is 4.52 Å². The molecule has 0 amide bonds. The first-order valence-electron chi connectivity index (χ1n) is 7.55. The van der Waals surface area contributed by atoms with Crippen LogP contribution in [-0.4, -0.2) is 20.0 Å². The zero-order chi connectivity index (χ0) is 15.6. The van der Waals surface area contributed by atoms with Crippen molar-refractivity contribution >= 4 is 6.83 Å². The van der Waals surface area contributed by atoms with E-state index in [-0.39, 0.29) is 10.8 Å². The minimum absolute atomic E-state index is 0.120. The number of hydrogen-bond acceptors (Lipinski definition) is 1. The van der Waals surface area contributed by atoms with E-state index in [1.807, 2.05) is 0 Å². The van der Waals surface area contributed by atoms with Crippen molar-refractivity contribution in [2.75, 3.05) is 20.0 Å². The van der Waals surface area contributed by atoms with Gasteiger partial charge >= 0.3 is 124 Å². The normalized spacial score (nSPS) is 22.6. The first kappa shape index (κ1) is 15.8. The van der Waals surface area contributed by atoms with Gasteiger partial charge in [0.1, 0.15) is 0 Å². The number of fused-ring (bicyclic) bond motifs is 1. The van der Waals surface area contributed by atoms with E-state index in [2.05, 4.69) is 73.7 Å². The maximum absolute atomic E-state index is 6.54. The summed E-state index contributed by atoms with van der Waals surface area (Å²) in [6.07, 6.45) is 1.11. The zero-order valence-electron chi connectivity index (χ0n) is 14.7. The van der Waals surface area contributed by atoms with E-state index >= 15 is 0 Å². The predicted octanol–water partition coefficient (Wildman–Crippen LogP) is 5.53. The molecule has 114 valence electrons. The van der Waals surface area contributed by atoms with Gasteiger partial charge in [0.25, 0.3) is 0 Å². The van der Waals surface area contributed by atoms with Gasteiger partial charge in [-0.1, -0.05) is 0 Å². The van der Waals surface area contributed by atoms with Crippen LogP contribution in [0.5, 0.6) is 5.75 Å². The van der Waals surface area contributed by atoms with E-state index in [0.717, 1.165) is 6.16 Å². The Kier molecular flexibility index (Phi) is 3.17. The Bertz CT molecular complexity index is 548. The molecule has 1 aromatic rings. The van der Waals surface area contributed by atoms with Crippen molar-refractivity contribution < 1.29 is 4.52 Å². The quantitative estimate of drug-likeness (QED) is 0.571. The molecule has 1 aliphatic rings. The first-order valence-corrected chi connectivity index (χ1v) is 11.2. The third kappa shape index (κ3) is 3.03.